The van der Waals surface area contributed by atoms with Gasteiger partial charge in [-0.2, -0.15) is 5.10 Å². The fourth-order valence-corrected chi connectivity index (χ4v) is 2.30. The lowest BCUT2D eigenvalue weighted by Crippen LogP contribution is -2.09. The molecule has 0 aliphatic carbocycles. The number of hydrogen-bond acceptors (Lipinski definition) is 4. The first-order valence-electron chi connectivity index (χ1n) is 6.02. The predicted octanol–water partition coefficient (Wildman–Crippen LogP) is 1.69. The number of hydrogen-bond donors (Lipinski definition) is 1. The maximum absolute atomic E-state index is 11.4. The Kier molecular flexibility index (Phi) is 3.73. The van der Waals surface area contributed by atoms with Crippen LogP contribution in [0.4, 0.5) is 0 Å². The normalized spacial score (nSPS) is 13.4. The van der Waals surface area contributed by atoms with Crippen molar-refractivity contribution in [1.29, 1.82) is 0 Å². The van der Waals surface area contributed by atoms with Crippen molar-refractivity contribution in [2.24, 2.45) is 5.73 Å². The number of nitrogens with two attached hydrogens (primary N) is 1. The Labute approximate surface area is 113 Å². The van der Waals surface area contributed by atoms with Gasteiger partial charge >= 0.3 is 0 Å². The SMILES string of the molecule is CCC(N)c1cccc(-n2cc(S(C)(=O)=O)cn2)c1. The third-order valence-corrected chi connectivity index (χ3v) is 4.06. The maximum Gasteiger partial charge on any atom is 0.178 e. The molecule has 2 N–H and O–H groups in total. The van der Waals surface area contributed by atoms with Crippen LogP contribution >= 0.6 is 0 Å². The largest absolute Gasteiger partial charge is 0.324 e. The molecule has 1 aromatic carbocycles. The van der Waals surface area contributed by atoms with Crippen molar-refractivity contribution >= 4 is 9.84 Å². The van der Waals surface area contributed by atoms with E-state index in [1.165, 1.54) is 12.4 Å². The summed E-state index contributed by atoms with van der Waals surface area (Å²) in [6, 6.07) is 7.61. The van der Waals surface area contributed by atoms with E-state index in [0.717, 1.165) is 23.9 Å². The highest BCUT2D eigenvalue weighted by molar-refractivity contribution is 7.90. The van der Waals surface area contributed by atoms with Gasteiger partial charge in [-0.25, -0.2) is 13.1 Å². The smallest absolute Gasteiger partial charge is 0.178 e. The Morgan fingerprint density at radius 3 is 2.74 bits per heavy atom. The molecule has 1 heterocycles. The summed E-state index contributed by atoms with van der Waals surface area (Å²) >= 11 is 0. The van der Waals surface area contributed by atoms with Crippen LogP contribution in [0.15, 0.2) is 41.6 Å². The number of nitrogens with zero attached hydrogens (tertiary/aromatic N) is 2. The minimum absolute atomic E-state index is 0.0232. The second-order valence-electron chi connectivity index (χ2n) is 4.50. The Balaban J connectivity index is 2.40. The van der Waals surface area contributed by atoms with Crippen molar-refractivity contribution in [2.45, 2.75) is 24.3 Å². The Morgan fingerprint density at radius 1 is 1.42 bits per heavy atom. The van der Waals surface area contributed by atoms with Gasteiger partial charge in [-0.15, -0.1) is 0 Å². The fraction of sp³-hybridized carbons (Fsp3) is 0.308. The molecular weight excluding hydrogens is 262 g/mol. The third kappa shape index (κ3) is 3.02. The zero-order valence-electron chi connectivity index (χ0n) is 10.9. The highest BCUT2D eigenvalue weighted by Gasteiger charge is 2.11. The van der Waals surface area contributed by atoms with Crippen LogP contribution in [-0.2, 0) is 9.84 Å². The van der Waals surface area contributed by atoms with Gasteiger partial charge < -0.3 is 5.73 Å². The molecule has 1 aromatic heterocycles. The van der Waals surface area contributed by atoms with Crippen molar-refractivity contribution < 1.29 is 8.42 Å². The van der Waals surface area contributed by atoms with Crippen LogP contribution in [0.5, 0.6) is 0 Å². The summed E-state index contributed by atoms with van der Waals surface area (Å²) in [6.07, 6.45) is 4.86. The molecule has 1 atom stereocenters. The molecule has 0 aliphatic heterocycles. The zero-order valence-corrected chi connectivity index (χ0v) is 11.8. The molecule has 0 aliphatic rings. The molecule has 0 fully saturated rings. The zero-order chi connectivity index (χ0) is 14.0. The monoisotopic (exact) mass is 279 g/mol. The molecule has 0 saturated heterocycles. The van der Waals surface area contributed by atoms with Gasteiger partial charge in [0.25, 0.3) is 0 Å². The highest BCUT2D eigenvalue weighted by atomic mass is 32.2. The second-order valence-corrected chi connectivity index (χ2v) is 6.52. The molecule has 0 saturated carbocycles. The predicted molar refractivity (Wildman–Crippen MR) is 73.9 cm³/mol. The van der Waals surface area contributed by atoms with Crippen LogP contribution in [0.25, 0.3) is 5.69 Å². The van der Waals surface area contributed by atoms with Gasteiger partial charge in [0.05, 0.1) is 11.9 Å². The summed E-state index contributed by atoms with van der Waals surface area (Å²) in [7, 11) is -3.23. The molecule has 2 aromatic rings. The minimum atomic E-state index is -3.23. The summed E-state index contributed by atoms with van der Waals surface area (Å²) in [5, 5.41) is 4.08. The second kappa shape index (κ2) is 5.14. The summed E-state index contributed by atoms with van der Waals surface area (Å²) in [5.74, 6) is 0. The fourth-order valence-electron chi connectivity index (χ4n) is 1.77. The molecule has 0 spiro atoms. The van der Waals surface area contributed by atoms with Gasteiger partial charge in [0.15, 0.2) is 9.84 Å². The molecule has 0 bridgehead atoms. The van der Waals surface area contributed by atoms with Crippen LogP contribution < -0.4 is 5.73 Å². The summed E-state index contributed by atoms with van der Waals surface area (Å²) in [5.41, 5.74) is 7.80. The molecular formula is C13H17N3O2S. The summed E-state index contributed by atoms with van der Waals surface area (Å²) in [6.45, 7) is 2.02. The van der Waals surface area contributed by atoms with Crippen LogP contribution in [0.3, 0.4) is 0 Å². The minimum Gasteiger partial charge on any atom is -0.324 e. The lowest BCUT2D eigenvalue weighted by Gasteiger charge is -2.10. The number of aromatic nitrogens is 2. The molecule has 19 heavy (non-hydrogen) atoms. The lowest BCUT2D eigenvalue weighted by atomic mass is 10.1. The van der Waals surface area contributed by atoms with E-state index in [1.54, 1.807) is 4.68 Å². The first-order valence-corrected chi connectivity index (χ1v) is 7.91. The van der Waals surface area contributed by atoms with E-state index in [-0.39, 0.29) is 10.9 Å². The standard InChI is InChI=1S/C13H17N3O2S/c1-3-13(14)10-5-4-6-11(7-10)16-9-12(8-15-16)19(2,17)18/h4-9,13H,3,14H2,1-2H3. The van der Waals surface area contributed by atoms with Gasteiger partial charge in [-0.05, 0) is 24.1 Å². The van der Waals surface area contributed by atoms with Crippen LogP contribution in [0.1, 0.15) is 24.9 Å². The van der Waals surface area contributed by atoms with Crippen LogP contribution in [-0.4, -0.2) is 24.5 Å². The molecule has 2 rings (SSSR count). The van der Waals surface area contributed by atoms with Crippen molar-refractivity contribution in [2.75, 3.05) is 6.26 Å². The van der Waals surface area contributed by atoms with E-state index in [9.17, 15) is 8.42 Å². The molecule has 102 valence electrons. The molecule has 6 heteroatoms. The lowest BCUT2D eigenvalue weighted by molar-refractivity contribution is 0.602. The first kappa shape index (κ1) is 13.8. The number of sulfone groups is 1. The van der Waals surface area contributed by atoms with Crippen LogP contribution in [0, 0.1) is 0 Å². The highest BCUT2D eigenvalue weighted by Crippen LogP contribution is 2.18. The van der Waals surface area contributed by atoms with E-state index in [2.05, 4.69) is 5.10 Å². The molecule has 1 unspecified atom stereocenters. The Bertz CT molecular complexity index is 677. The average molecular weight is 279 g/mol. The quantitative estimate of drug-likeness (QED) is 0.923. The maximum atomic E-state index is 11.4. The molecule has 5 nitrogen and oxygen atoms in total. The van der Waals surface area contributed by atoms with Crippen molar-refractivity contribution in [3.05, 3.63) is 42.2 Å². The Morgan fingerprint density at radius 2 is 2.16 bits per heavy atom. The van der Waals surface area contributed by atoms with Gasteiger partial charge in [-0.3, -0.25) is 0 Å². The van der Waals surface area contributed by atoms with E-state index >= 15 is 0 Å². The number of rotatable bonds is 4. The molecule has 0 radical (unpaired) electrons. The van der Waals surface area contributed by atoms with E-state index in [0.29, 0.717) is 0 Å². The van der Waals surface area contributed by atoms with Crippen molar-refractivity contribution in [3.8, 4) is 5.69 Å². The summed E-state index contributed by atoms with van der Waals surface area (Å²) < 4.78 is 24.4. The first-order chi connectivity index (χ1) is 8.91. The Hall–Kier alpha value is -1.66. The number of benzene rings is 1. The average Bonchev–Trinajstić information content (AvgIpc) is 2.87. The van der Waals surface area contributed by atoms with Gasteiger partial charge in [0.2, 0.25) is 0 Å². The van der Waals surface area contributed by atoms with E-state index < -0.39 is 9.84 Å². The van der Waals surface area contributed by atoms with Crippen molar-refractivity contribution in [1.82, 2.24) is 9.78 Å². The van der Waals surface area contributed by atoms with Gasteiger partial charge in [-0.1, -0.05) is 19.1 Å². The topological polar surface area (TPSA) is 78.0 Å². The van der Waals surface area contributed by atoms with Gasteiger partial charge in [0.1, 0.15) is 4.90 Å². The third-order valence-electron chi connectivity index (χ3n) is 2.99. The summed E-state index contributed by atoms with van der Waals surface area (Å²) in [4.78, 5) is 0.206. The van der Waals surface area contributed by atoms with E-state index in [1.807, 2.05) is 31.2 Å². The molecule has 0 amide bonds. The van der Waals surface area contributed by atoms with Gasteiger partial charge in [0, 0.05) is 18.5 Å². The van der Waals surface area contributed by atoms with Crippen LogP contribution in [0.2, 0.25) is 0 Å². The van der Waals surface area contributed by atoms with E-state index in [4.69, 9.17) is 5.73 Å². The van der Waals surface area contributed by atoms with Crippen molar-refractivity contribution in [3.63, 3.8) is 0 Å².